The molecule has 2 N–H and O–H groups in total. The fraction of sp³-hybridized carbons (Fsp3) is 0. The molecule has 3 aromatic rings. The predicted molar refractivity (Wildman–Crippen MR) is 96.2 cm³/mol. The Morgan fingerprint density at radius 3 is 2.32 bits per heavy atom. The molecule has 0 radical (unpaired) electrons. The van der Waals surface area contributed by atoms with Gasteiger partial charge >= 0.3 is 11.8 Å². The number of benzene rings is 2. The second-order valence-electron chi connectivity index (χ2n) is 4.84. The Hall–Kier alpha value is -3.39. The zero-order valence-corrected chi connectivity index (χ0v) is 13.7. The van der Waals surface area contributed by atoms with Crippen LogP contribution in [0.25, 0.3) is 10.6 Å². The van der Waals surface area contributed by atoms with Crippen LogP contribution in [0, 0.1) is 0 Å². The van der Waals surface area contributed by atoms with Crippen molar-refractivity contribution in [1.29, 1.82) is 0 Å². The van der Waals surface area contributed by atoms with Gasteiger partial charge in [-0.25, -0.2) is 5.43 Å². The Labute approximate surface area is 147 Å². The summed E-state index contributed by atoms with van der Waals surface area (Å²) in [5.41, 5.74) is 3.86. The van der Waals surface area contributed by atoms with E-state index in [-0.39, 0.29) is 5.13 Å². The average molecular weight is 351 g/mol. The molecule has 0 atom stereocenters. The number of rotatable bonds is 4. The number of hydrogen-bond acceptors (Lipinski definition) is 6. The molecule has 0 spiro atoms. The zero-order chi connectivity index (χ0) is 17.5. The molecule has 1 aromatic heterocycles. The van der Waals surface area contributed by atoms with Gasteiger partial charge in [-0.1, -0.05) is 72.0 Å². The summed E-state index contributed by atoms with van der Waals surface area (Å²) < 4.78 is 0. The Kier molecular flexibility index (Phi) is 5.22. The summed E-state index contributed by atoms with van der Waals surface area (Å²) in [6, 6.07) is 18.6. The summed E-state index contributed by atoms with van der Waals surface area (Å²) in [5, 5.41) is 14.9. The smallest absolute Gasteiger partial charge is 0.292 e. The molecule has 0 aliphatic rings. The number of hydrogen-bond donors (Lipinski definition) is 2. The monoisotopic (exact) mass is 351 g/mol. The second kappa shape index (κ2) is 7.93. The van der Waals surface area contributed by atoms with Gasteiger partial charge in [-0.05, 0) is 5.56 Å². The molecule has 0 fully saturated rings. The van der Waals surface area contributed by atoms with Gasteiger partial charge in [-0.3, -0.25) is 14.9 Å². The first-order valence-electron chi connectivity index (χ1n) is 7.31. The van der Waals surface area contributed by atoms with Crippen LogP contribution in [0.4, 0.5) is 5.13 Å². The van der Waals surface area contributed by atoms with Crippen molar-refractivity contribution in [2.75, 3.05) is 5.32 Å². The highest BCUT2D eigenvalue weighted by Gasteiger charge is 2.16. The maximum Gasteiger partial charge on any atom is 0.329 e. The number of amides is 2. The number of aromatic nitrogens is 2. The maximum absolute atomic E-state index is 11.8. The summed E-state index contributed by atoms with van der Waals surface area (Å²) in [6.07, 6.45) is 1.45. The van der Waals surface area contributed by atoms with Crippen molar-refractivity contribution in [1.82, 2.24) is 15.6 Å². The van der Waals surface area contributed by atoms with Gasteiger partial charge in [0.05, 0.1) is 6.21 Å². The number of nitrogens with one attached hydrogen (secondary N) is 2. The van der Waals surface area contributed by atoms with E-state index in [0.29, 0.717) is 5.01 Å². The molecule has 0 bridgehead atoms. The molecule has 2 aromatic carbocycles. The Balaban J connectivity index is 1.56. The number of nitrogens with zero attached hydrogens (tertiary/aromatic N) is 3. The van der Waals surface area contributed by atoms with Crippen LogP contribution in [0.15, 0.2) is 65.8 Å². The predicted octanol–water partition coefficient (Wildman–Crippen LogP) is 2.29. The minimum Gasteiger partial charge on any atom is -0.292 e. The minimum absolute atomic E-state index is 0.242. The van der Waals surface area contributed by atoms with Gasteiger partial charge < -0.3 is 0 Å². The van der Waals surface area contributed by atoms with Crippen LogP contribution in [0.1, 0.15) is 5.56 Å². The second-order valence-corrected chi connectivity index (χ2v) is 5.82. The summed E-state index contributed by atoms with van der Waals surface area (Å²) in [4.78, 5) is 23.6. The fourth-order valence-electron chi connectivity index (χ4n) is 1.88. The highest BCUT2D eigenvalue weighted by Crippen LogP contribution is 2.25. The molecule has 0 saturated carbocycles. The van der Waals surface area contributed by atoms with Crippen LogP contribution in [0.2, 0.25) is 0 Å². The maximum atomic E-state index is 11.8. The van der Waals surface area contributed by atoms with Crippen molar-refractivity contribution in [3.8, 4) is 10.6 Å². The van der Waals surface area contributed by atoms with Crippen LogP contribution in [-0.4, -0.2) is 28.2 Å². The number of anilines is 1. The van der Waals surface area contributed by atoms with Crippen molar-refractivity contribution >= 4 is 34.5 Å². The molecule has 124 valence electrons. The van der Waals surface area contributed by atoms with Crippen molar-refractivity contribution in [3.05, 3.63) is 66.2 Å². The lowest BCUT2D eigenvalue weighted by Gasteiger charge is -1.99. The SMILES string of the molecule is O=C(NN=Cc1ccccc1)C(=O)Nc1nnc(-c2ccccc2)s1. The Bertz CT molecular complexity index is 894. The van der Waals surface area contributed by atoms with E-state index in [1.807, 2.05) is 60.7 Å². The molecule has 0 aliphatic heterocycles. The van der Waals surface area contributed by atoms with Gasteiger partial charge in [0.25, 0.3) is 0 Å². The highest BCUT2D eigenvalue weighted by atomic mass is 32.1. The number of carbonyl (C=O) groups excluding carboxylic acids is 2. The summed E-state index contributed by atoms with van der Waals surface area (Å²) in [7, 11) is 0. The van der Waals surface area contributed by atoms with E-state index < -0.39 is 11.8 Å². The van der Waals surface area contributed by atoms with Gasteiger partial charge in [-0.2, -0.15) is 5.10 Å². The molecule has 3 rings (SSSR count). The first kappa shape index (κ1) is 16.5. The third kappa shape index (κ3) is 4.55. The van der Waals surface area contributed by atoms with Crippen LogP contribution < -0.4 is 10.7 Å². The van der Waals surface area contributed by atoms with E-state index in [1.165, 1.54) is 17.6 Å². The third-order valence-corrected chi connectivity index (χ3v) is 3.94. The first-order valence-corrected chi connectivity index (χ1v) is 8.12. The van der Waals surface area contributed by atoms with E-state index >= 15 is 0 Å². The molecule has 8 heteroatoms. The highest BCUT2D eigenvalue weighted by molar-refractivity contribution is 7.18. The van der Waals surface area contributed by atoms with Crippen LogP contribution in [0.5, 0.6) is 0 Å². The Morgan fingerprint density at radius 1 is 0.920 bits per heavy atom. The molecule has 25 heavy (non-hydrogen) atoms. The molecule has 0 aliphatic carbocycles. The number of hydrazone groups is 1. The van der Waals surface area contributed by atoms with Crippen molar-refractivity contribution in [2.45, 2.75) is 0 Å². The van der Waals surface area contributed by atoms with E-state index in [0.717, 1.165) is 11.1 Å². The quantitative estimate of drug-likeness (QED) is 0.428. The third-order valence-electron chi connectivity index (χ3n) is 3.05. The van der Waals surface area contributed by atoms with Gasteiger partial charge in [-0.15, -0.1) is 10.2 Å². The molecule has 7 nitrogen and oxygen atoms in total. The lowest BCUT2D eigenvalue weighted by Crippen LogP contribution is -2.32. The molecule has 1 heterocycles. The van der Waals surface area contributed by atoms with Crippen molar-refractivity contribution in [3.63, 3.8) is 0 Å². The van der Waals surface area contributed by atoms with E-state index in [9.17, 15) is 9.59 Å². The molecule has 0 saturated heterocycles. The van der Waals surface area contributed by atoms with Crippen molar-refractivity contribution < 1.29 is 9.59 Å². The molecule has 0 unspecified atom stereocenters. The van der Waals surface area contributed by atoms with Gasteiger partial charge in [0.2, 0.25) is 5.13 Å². The van der Waals surface area contributed by atoms with Gasteiger partial charge in [0, 0.05) is 5.56 Å². The van der Waals surface area contributed by atoms with E-state index in [1.54, 1.807) is 0 Å². The van der Waals surface area contributed by atoms with Crippen LogP contribution >= 0.6 is 11.3 Å². The summed E-state index contributed by atoms with van der Waals surface area (Å²) >= 11 is 1.18. The van der Waals surface area contributed by atoms with Crippen molar-refractivity contribution in [2.24, 2.45) is 5.10 Å². The van der Waals surface area contributed by atoms with Crippen LogP contribution in [-0.2, 0) is 9.59 Å². The number of carbonyl (C=O) groups is 2. The summed E-state index contributed by atoms with van der Waals surface area (Å²) in [6.45, 7) is 0. The standard InChI is InChI=1S/C17H13N5O2S/c23-14(15(24)20-18-11-12-7-3-1-4-8-12)19-17-22-21-16(25-17)13-9-5-2-6-10-13/h1-11H,(H,20,24)(H,19,22,23). The first-order chi connectivity index (χ1) is 12.2. The summed E-state index contributed by atoms with van der Waals surface area (Å²) in [5.74, 6) is -1.75. The zero-order valence-electron chi connectivity index (χ0n) is 12.9. The van der Waals surface area contributed by atoms with Crippen LogP contribution in [0.3, 0.4) is 0 Å². The minimum atomic E-state index is -0.886. The fourth-order valence-corrected chi connectivity index (χ4v) is 2.62. The van der Waals surface area contributed by atoms with Gasteiger partial charge in [0.15, 0.2) is 0 Å². The average Bonchev–Trinajstić information content (AvgIpc) is 3.12. The van der Waals surface area contributed by atoms with Gasteiger partial charge in [0.1, 0.15) is 5.01 Å². The lowest BCUT2D eigenvalue weighted by molar-refractivity contribution is -0.136. The lowest BCUT2D eigenvalue weighted by atomic mass is 10.2. The molecule has 2 amide bonds. The Morgan fingerprint density at radius 2 is 1.60 bits per heavy atom. The normalized spacial score (nSPS) is 10.6. The van der Waals surface area contributed by atoms with E-state index in [2.05, 4.69) is 26.0 Å². The molecular formula is C17H13N5O2S. The van der Waals surface area contributed by atoms with E-state index in [4.69, 9.17) is 0 Å². The largest absolute Gasteiger partial charge is 0.329 e. The topological polar surface area (TPSA) is 96.3 Å². The molecular weight excluding hydrogens is 338 g/mol.